The lowest BCUT2D eigenvalue weighted by Crippen LogP contribution is -2.17. The smallest absolute Gasteiger partial charge is 0.251 e. The second-order valence-corrected chi connectivity index (χ2v) is 4.14. The fourth-order valence-corrected chi connectivity index (χ4v) is 1.75. The molecule has 0 bridgehead atoms. The molecule has 6 heteroatoms. The number of anilines is 1. The zero-order valence-corrected chi connectivity index (χ0v) is 10.2. The first kappa shape index (κ1) is 14.8. The van der Waals surface area contributed by atoms with Crippen molar-refractivity contribution in [2.45, 2.75) is 26.2 Å². The number of aromatic nitrogens is 1. The Hall–Kier alpha value is -1.30. The molecular weight excluding hydrogens is 245 g/mol. The molecule has 1 aromatic heterocycles. The normalized spacial score (nSPS) is 12.5. The van der Waals surface area contributed by atoms with Crippen LogP contribution >= 0.6 is 0 Å². The molecule has 0 saturated carbocycles. The number of hydrogen-bond donors (Lipinski definition) is 2. The molecule has 102 valence electrons. The van der Waals surface area contributed by atoms with Gasteiger partial charge in [0.2, 0.25) is 0 Å². The van der Waals surface area contributed by atoms with Gasteiger partial charge in [-0.1, -0.05) is 13.3 Å². The van der Waals surface area contributed by atoms with Gasteiger partial charge in [-0.15, -0.1) is 0 Å². The highest BCUT2D eigenvalue weighted by atomic mass is 19.2. The maximum Gasteiger partial charge on any atom is 0.251 e. The Labute approximate surface area is 104 Å². The number of aliphatic hydroxyl groups is 1. The van der Waals surface area contributed by atoms with Crippen molar-refractivity contribution in [3.63, 3.8) is 0 Å². The molecule has 1 heterocycles. The van der Waals surface area contributed by atoms with Crippen molar-refractivity contribution in [2.75, 3.05) is 18.5 Å². The molecule has 0 aliphatic rings. The maximum absolute atomic E-state index is 13.3. The molecule has 0 fully saturated rings. The molecule has 1 aromatic rings. The van der Waals surface area contributed by atoms with Crippen LogP contribution in [0.5, 0.6) is 0 Å². The zero-order valence-electron chi connectivity index (χ0n) is 10.2. The summed E-state index contributed by atoms with van der Waals surface area (Å²) >= 11 is 0. The third kappa shape index (κ3) is 4.18. The van der Waals surface area contributed by atoms with Gasteiger partial charge in [-0.25, -0.2) is 8.78 Å². The van der Waals surface area contributed by atoms with E-state index in [1.807, 2.05) is 6.92 Å². The number of pyridine rings is 1. The minimum atomic E-state index is -1.33. The number of nitrogens with one attached hydrogen (secondary N) is 1. The van der Waals surface area contributed by atoms with Crippen LogP contribution in [0.1, 0.15) is 26.2 Å². The predicted octanol–water partition coefficient (Wildman–Crippen LogP) is 2.71. The van der Waals surface area contributed by atoms with E-state index in [0.717, 1.165) is 12.8 Å². The van der Waals surface area contributed by atoms with Crippen LogP contribution in [0, 0.1) is 23.5 Å². The Morgan fingerprint density at radius 3 is 2.61 bits per heavy atom. The van der Waals surface area contributed by atoms with E-state index in [4.69, 9.17) is 5.11 Å². The van der Waals surface area contributed by atoms with E-state index >= 15 is 0 Å². The van der Waals surface area contributed by atoms with E-state index in [2.05, 4.69) is 10.3 Å². The van der Waals surface area contributed by atoms with Gasteiger partial charge in [-0.05, 0) is 18.8 Å². The van der Waals surface area contributed by atoms with E-state index in [9.17, 15) is 13.2 Å². The third-order valence-corrected chi connectivity index (χ3v) is 2.68. The number of nitrogens with zero attached hydrogens (tertiary/aromatic N) is 1. The average molecular weight is 262 g/mol. The number of hydrogen-bond acceptors (Lipinski definition) is 3. The Balaban J connectivity index is 2.64. The van der Waals surface area contributed by atoms with Crippen LogP contribution in [0.3, 0.4) is 0 Å². The van der Waals surface area contributed by atoms with Gasteiger partial charge in [0, 0.05) is 19.2 Å². The van der Waals surface area contributed by atoms with E-state index in [1.165, 1.54) is 0 Å². The summed E-state index contributed by atoms with van der Waals surface area (Å²) in [6, 6.07) is 0.464. The first-order valence-electron chi connectivity index (χ1n) is 5.94. The van der Waals surface area contributed by atoms with E-state index in [0.29, 0.717) is 19.0 Å². The molecule has 0 aromatic carbocycles. The second-order valence-electron chi connectivity index (χ2n) is 4.14. The first-order chi connectivity index (χ1) is 8.58. The molecule has 0 saturated heterocycles. The minimum absolute atomic E-state index is 0.0417. The highest BCUT2D eigenvalue weighted by Gasteiger charge is 2.13. The van der Waals surface area contributed by atoms with Crippen molar-refractivity contribution in [2.24, 2.45) is 5.92 Å². The Bertz CT molecular complexity index is 382. The molecular formula is C12H17F3N2O. The lowest BCUT2D eigenvalue weighted by atomic mass is 10.0. The van der Waals surface area contributed by atoms with Gasteiger partial charge >= 0.3 is 0 Å². The predicted molar refractivity (Wildman–Crippen MR) is 62.7 cm³/mol. The number of halogens is 3. The molecule has 0 aliphatic carbocycles. The second kappa shape index (κ2) is 7.20. The van der Waals surface area contributed by atoms with Crippen LogP contribution in [-0.2, 0) is 0 Å². The molecule has 18 heavy (non-hydrogen) atoms. The molecule has 0 aliphatic heterocycles. The highest BCUT2D eigenvalue weighted by molar-refractivity contribution is 5.36. The van der Waals surface area contributed by atoms with Gasteiger partial charge < -0.3 is 10.4 Å². The van der Waals surface area contributed by atoms with E-state index in [-0.39, 0.29) is 18.3 Å². The quantitative estimate of drug-likeness (QED) is 0.743. The van der Waals surface area contributed by atoms with Crippen molar-refractivity contribution in [3.8, 4) is 0 Å². The van der Waals surface area contributed by atoms with Crippen molar-refractivity contribution in [1.29, 1.82) is 0 Å². The largest absolute Gasteiger partial charge is 0.396 e. The van der Waals surface area contributed by atoms with Crippen molar-refractivity contribution in [3.05, 3.63) is 23.6 Å². The Kier molecular flexibility index (Phi) is 5.91. The van der Waals surface area contributed by atoms with Crippen LogP contribution in [0.15, 0.2) is 6.07 Å². The van der Waals surface area contributed by atoms with Gasteiger partial charge in [0.25, 0.3) is 5.95 Å². The van der Waals surface area contributed by atoms with Crippen LogP contribution < -0.4 is 5.32 Å². The summed E-state index contributed by atoms with van der Waals surface area (Å²) in [5, 5.41) is 11.5. The fraction of sp³-hybridized carbons (Fsp3) is 0.583. The van der Waals surface area contributed by atoms with Crippen LogP contribution in [-0.4, -0.2) is 23.2 Å². The summed E-state index contributed by atoms with van der Waals surface area (Å²) in [5.41, 5.74) is 0. The van der Waals surface area contributed by atoms with Gasteiger partial charge in [0.1, 0.15) is 0 Å². The molecule has 0 radical (unpaired) electrons. The van der Waals surface area contributed by atoms with Crippen LogP contribution in [0.25, 0.3) is 0 Å². The zero-order chi connectivity index (χ0) is 13.5. The summed E-state index contributed by atoms with van der Waals surface area (Å²) in [4.78, 5) is 3.17. The average Bonchev–Trinajstić information content (AvgIpc) is 2.32. The Morgan fingerprint density at radius 1 is 1.28 bits per heavy atom. The van der Waals surface area contributed by atoms with Gasteiger partial charge in [-0.3, -0.25) is 0 Å². The topological polar surface area (TPSA) is 45.1 Å². The number of aliphatic hydroxyl groups excluding tert-OH is 1. The first-order valence-corrected chi connectivity index (χ1v) is 5.94. The van der Waals surface area contributed by atoms with E-state index < -0.39 is 17.6 Å². The van der Waals surface area contributed by atoms with Gasteiger partial charge in [0.05, 0.1) is 0 Å². The minimum Gasteiger partial charge on any atom is -0.396 e. The standard InChI is InChI=1S/C12H17F3N2O/c1-2-3-8(4-5-18)7-16-12-10(14)6-9(13)11(15)17-12/h6,8,18H,2-5,7H2,1H3,(H,16,17). The van der Waals surface area contributed by atoms with Crippen molar-refractivity contribution >= 4 is 5.82 Å². The monoisotopic (exact) mass is 262 g/mol. The summed E-state index contributed by atoms with van der Waals surface area (Å²) in [5.74, 6) is -3.71. The number of rotatable bonds is 7. The van der Waals surface area contributed by atoms with Crippen LogP contribution in [0.4, 0.5) is 19.0 Å². The lowest BCUT2D eigenvalue weighted by Gasteiger charge is -2.16. The molecule has 0 spiro atoms. The summed E-state index contributed by atoms with van der Waals surface area (Å²) in [6.07, 6.45) is 2.37. The SMILES string of the molecule is CCCC(CCO)CNc1nc(F)c(F)cc1F. The van der Waals surface area contributed by atoms with Gasteiger partial charge in [-0.2, -0.15) is 9.37 Å². The molecule has 1 rings (SSSR count). The molecule has 2 N–H and O–H groups in total. The third-order valence-electron chi connectivity index (χ3n) is 2.68. The summed E-state index contributed by atoms with van der Waals surface area (Å²) < 4.78 is 38.8. The lowest BCUT2D eigenvalue weighted by molar-refractivity contribution is 0.255. The Morgan fingerprint density at radius 2 is 2.00 bits per heavy atom. The molecule has 1 atom stereocenters. The van der Waals surface area contributed by atoms with Crippen molar-refractivity contribution in [1.82, 2.24) is 4.98 Å². The highest BCUT2D eigenvalue weighted by Crippen LogP contribution is 2.17. The van der Waals surface area contributed by atoms with Crippen LogP contribution in [0.2, 0.25) is 0 Å². The van der Waals surface area contributed by atoms with E-state index in [1.54, 1.807) is 0 Å². The fourth-order valence-electron chi connectivity index (χ4n) is 1.75. The molecule has 3 nitrogen and oxygen atoms in total. The molecule has 0 amide bonds. The van der Waals surface area contributed by atoms with Crippen molar-refractivity contribution < 1.29 is 18.3 Å². The van der Waals surface area contributed by atoms with Gasteiger partial charge in [0.15, 0.2) is 17.5 Å². The summed E-state index contributed by atoms with van der Waals surface area (Å²) in [6.45, 7) is 2.41. The summed E-state index contributed by atoms with van der Waals surface area (Å²) in [7, 11) is 0. The maximum atomic E-state index is 13.3. The molecule has 1 unspecified atom stereocenters.